The van der Waals surface area contributed by atoms with Gasteiger partial charge in [-0.25, -0.2) is 14.2 Å². The molecule has 2 aromatic heterocycles. The summed E-state index contributed by atoms with van der Waals surface area (Å²) < 4.78 is 12.8. The molecule has 3 aromatic rings. The van der Waals surface area contributed by atoms with Crippen LogP contribution in [0.1, 0.15) is 39.4 Å². The third-order valence-electron chi connectivity index (χ3n) is 4.28. The van der Waals surface area contributed by atoms with E-state index in [1.807, 2.05) is 24.3 Å². The Morgan fingerprint density at radius 1 is 1.07 bits per heavy atom. The standard InChI is InChI=1S/C20H21N3O5S2/c1-4-27-18(25)15-11(3)16(19(26)28-5-2)30-17(15)22-14(24)10-23-12-8-6-7-9-13(12)29-20(23)21/h6-9,21H,4-5,10H2,1-3H3,(H,22,24,25,26)/p+1. The summed E-state index contributed by atoms with van der Waals surface area (Å²) in [4.78, 5) is 37.7. The van der Waals surface area contributed by atoms with Gasteiger partial charge in [0.15, 0.2) is 6.54 Å². The van der Waals surface area contributed by atoms with Gasteiger partial charge in [0, 0.05) is 0 Å². The minimum absolute atomic E-state index is 0.0379. The highest BCUT2D eigenvalue weighted by atomic mass is 32.1. The summed E-state index contributed by atoms with van der Waals surface area (Å²) in [5, 5.41) is 3.48. The molecular formula is C20H22N3O5S2+. The van der Waals surface area contributed by atoms with Gasteiger partial charge in [-0.3, -0.25) is 10.5 Å². The highest BCUT2D eigenvalue weighted by molar-refractivity contribution is 7.21. The SMILES string of the molecule is CCOC(=O)c1sc(NC(=O)C[n+]2c(N)sc3ccccc32)c(C(=O)OCC)c1C. The molecule has 0 saturated heterocycles. The summed E-state index contributed by atoms with van der Waals surface area (Å²) in [7, 11) is 0. The molecule has 0 bridgehead atoms. The third kappa shape index (κ3) is 4.29. The van der Waals surface area contributed by atoms with E-state index < -0.39 is 11.9 Å². The molecule has 8 nitrogen and oxygen atoms in total. The molecule has 3 rings (SSSR count). The molecule has 0 fully saturated rings. The number of thiophene rings is 1. The number of anilines is 2. The maximum absolute atomic E-state index is 12.8. The molecule has 0 aliphatic rings. The Bertz CT molecular complexity index is 1120. The fourth-order valence-electron chi connectivity index (χ4n) is 2.97. The molecule has 2 heterocycles. The van der Waals surface area contributed by atoms with Crippen LogP contribution in [0.15, 0.2) is 24.3 Å². The smallest absolute Gasteiger partial charge is 0.348 e. The number of ether oxygens (including phenoxy) is 2. The molecule has 0 saturated carbocycles. The van der Waals surface area contributed by atoms with E-state index in [1.54, 1.807) is 25.3 Å². The van der Waals surface area contributed by atoms with E-state index in [0.717, 1.165) is 21.6 Å². The van der Waals surface area contributed by atoms with E-state index in [9.17, 15) is 14.4 Å². The van der Waals surface area contributed by atoms with Crippen LogP contribution in [-0.4, -0.2) is 31.1 Å². The number of nitrogens with zero attached hydrogens (tertiary/aromatic N) is 1. The van der Waals surface area contributed by atoms with E-state index in [4.69, 9.17) is 15.2 Å². The molecule has 1 aromatic carbocycles. The van der Waals surface area contributed by atoms with Crippen molar-refractivity contribution in [3.05, 3.63) is 40.3 Å². The van der Waals surface area contributed by atoms with E-state index in [0.29, 0.717) is 10.7 Å². The van der Waals surface area contributed by atoms with Gasteiger partial charge in [0.25, 0.3) is 5.91 Å². The van der Waals surface area contributed by atoms with Crippen molar-refractivity contribution in [1.29, 1.82) is 0 Å². The van der Waals surface area contributed by atoms with Crippen molar-refractivity contribution in [2.24, 2.45) is 0 Å². The average molecular weight is 449 g/mol. The second kappa shape index (κ2) is 9.23. The summed E-state index contributed by atoms with van der Waals surface area (Å²) in [5.74, 6) is -1.53. The summed E-state index contributed by atoms with van der Waals surface area (Å²) in [6.07, 6.45) is 0. The highest BCUT2D eigenvalue weighted by Crippen LogP contribution is 2.34. The molecule has 3 N–H and O–H groups in total. The van der Waals surface area contributed by atoms with Crippen molar-refractivity contribution in [2.75, 3.05) is 24.3 Å². The molecule has 158 valence electrons. The fourth-order valence-corrected chi connectivity index (χ4v) is 5.00. The summed E-state index contributed by atoms with van der Waals surface area (Å²) in [5.41, 5.74) is 7.50. The van der Waals surface area contributed by atoms with Crippen LogP contribution in [0, 0.1) is 6.92 Å². The van der Waals surface area contributed by atoms with Crippen LogP contribution in [0.4, 0.5) is 10.1 Å². The largest absolute Gasteiger partial charge is 0.462 e. The zero-order valence-corrected chi connectivity index (χ0v) is 18.4. The normalized spacial score (nSPS) is 10.8. The van der Waals surface area contributed by atoms with Crippen molar-refractivity contribution in [2.45, 2.75) is 27.3 Å². The first-order chi connectivity index (χ1) is 14.4. The number of nitrogen functional groups attached to an aromatic ring is 1. The molecule has 0 aliphatic heterocycles. The lowest BCUT2D eigenvalue weighted by molar-refractivity contribution is -0.639. The zero-order chi connectivity index (χ0) is 21.8. The summed E-state index contributed by atoms with van der Waals surface area (Å²) in [6, 6.07) is 7.58. The summed E-state index contributed by atoms with van der Waals surface area (Å²) in [6.45, 7) is 5.35. The van der Waals surface area contributed by atoms with Crippen molar-refractivity contribution < 1.29 is 28.4 Å². The second-order valence-electron chi connectivity index (χ2n) is 6.24. The van der Waals surface area contributed by atoms with Crippen LogP contribution >= 0.6 is 22.7 Å². The fraction of sp³-hybridized carbons (Fsp3) is 0.300. The number of hydrogen-bond donors (Lipinski definition) is 2. The van der Waals surface area contributed by atoms with Crippen LogP contribution < -0.4 is 15.6 Å². The van der Waals surface area contributed by atoms with Crippen molar-refractivity contribution >= 4 is 60.9 Å². The molecule has 0 unspecified atom stereocenters. The lowest BCUT2D eigenvalue weighted by atomic mass is 10.1. The first kappa shape index (κ1) is 21.7. The zero-order valence-electron chi connectivity index (χ0n) is 16.8. The van der Waals surface area contributed by atoms with E-state index in [-0.39, 0.29) is 41.1 Å². The number of nitrogens with one attached hydrogen (secondary N) is 1. The number of para-hydroxylation sites is 1. The molecule has 1 amide bonds. The molecule has 0 atom stereocenters. The van der Waals surface area contributed by atoms with Crippen molar-refractivity contribution in [3.63, 3.8) is 0 Å². The minimum Gasteiger partial charge on any atom is -0.462 e. The predicted octanol–water partition coefficient (Wildman–Crippen LogP) is 3.13. The van der Waals surface area contributed by atoms with E-state index in [2.05, 4.69) is 5.32 Å². The number of rotatable bonds is 7. The Hall–Kier alpha value is -2.98. The van der Waals surface area contributed by atoms with Gasteiger partial charge >= 0.3 is 17.1 Å². The van der Waals surface area contributed by atoms with Crippen LogP contribution in [0.5, 0.6) is 0 Å². The average Bonchev–Trinajstić information content (AvgIpc) is 3.19. The van der Waals surface area contributed by atoms with Crippen LogP contribution in [-0.2, 0) is 20.8 Å². The van der Waals surface area contributed by atoms with Gasteiger partial charge in [-0.15, -0.1) is 11.3 Å². The number of nitrogens with two attached hydrogens (primary N) is 1. The Kier molecular flexibility index (Phi) is 6.68. The van der Waals surface area contributed by atoms with Gasteiger partial charge in [0.1, 0.15) is 15.4 Å². The number of aromatic nitrogens is 1. The first-order valence-corrected chi connectivity index (χ1v) is 10.9. The van der Waals surface area contributed by atoms with Crippen LogP contribution in [0.25, 0.3) is 10.2 Å². The number of thiazole rings is 1. The van der Waals surface area contributed by atoms with Crippen LogP contribution in [0.3, 0.4) is 0 Å². The van der Waals surface area contributed by atoms with Gasteiger partial charge in [0.2, 0.25) is 0 Å². The van der Waals surface area contributed by atoms with Gasteiger partial charge < -0.3 is 14.8 Å². The maximum Gasteiger partial charge on any atom is 0.348 e. The Balaban J connectivity index is 1.91. The number of fused-ring (bicyclic) bond motifs is 1. The number of esters is 2. The first-order valence-electron chi connectivity index (χ1n) is 9.31. The quantitative estimate of drug-likeness (QED) is 0.424. The molecule has 0 spiro atoms. The summed E-state index contributed by atoms with van der Waals surface area (Å²) >= 11 is 2.38. The topological polar surface area (TPSA) is 112 Å². The second-order valence-corrected chi connectivity index (χ2v) is 8.33. The number of hydrogen-bond acceptors (Lipinski definition) is 8. The van der Waals surface area contributed by atoms with E-state index >= 15 is 0 Å². The van der Waals surface area contributed by atoms with E-state index in [1.165, 1.54) is 11.3 Å². The minimum atomic E-state index is -0.606. The highest BCUT2D eigenvalue weighted by Gasteiger charge is 2.28. The van der Waals surface area contributed by atoms with Gasteiger partial charge in [-0.2, -0.15) is 0 Å². The maximum atomic E-state index is 12.8. The Morgan fingerprint density at radius 2 is 1.73 bits per heavy atom. The van der Waals surface area contributed by atoms with Gasteiger partial charge in [0.05, 0.1) is 23.5 Å². The molecule has 30 heavy (non-hydrogen) atoms. The Morgan fingerprint density at radius 3 is 2.43 bits per heavy atom. The molecular weight excluding hydrogens is 426 g/mol. The molecule has 0 aliphatic carbocycles. The van der Waals surface area contributed by atoms with Gasteiger partial charge in [-0.1, -0.05) is 12.1 Å². The molecule has 0 radical (unpaired) electrons. The third-order valence-corrected chi connectivity index (χ3v) is 6.46. The number of carbonyl (C=O) groups is 3. The monoisotopic (exact) mass is 448 g/mol. The Labute approximate surface area is 181 Å². The lowest BCUT2D eigenvalue weighted by Crippen LogP contribution is -2.41. The van der Waals surface area contributed by atoms with Crippen LogP contribution in [0.2, 0.25) is 0 Å². The van der Waals surface area contributed by atoms with Crippen molar-refractivity contribution in [3.8, 4) is 0 Å². The van der Waals surface area contributed by atoms with Gasteiger partial charge in [-0.05, 0) is 49.8 Å². The van der Waals surface area contributed by atoms with Crippen molar-refractivity contribution in [1.82, 2.24) is 0 Å². The number of amides is 1. The number of carbonyl (C=O) groups excluding carboxylic acids is 3. The number of benzene rings is 1. The molecule has 10 heteroatoms. The predicted molar refractivity (Wildman–Crippen MR) is 116 cm³/mol. The lowest BCUT2D eigenvalue weighted by Gasteiger charge is -2.07.